The van der Waals surface area contributed by atoms with E-state index in [0.29, 0.717) is 0 Å². The smallest absolute Gasteiger partial charge is 0.125 e. The van der Waals surface area contributed by atoms with Crippen molar-refractivity contribution >= 4 is 18.1 Å². The molecule has 1 saturated heterocycles. The summed E-state index contributed by atoms with van der Waals surface area (Å²) in [6, 6.07) is 10.4. The van der Waals surface area contributed by atoms with Crippen LogP contribution >= 0.6 is 12.4 Å². The third-order valence-corrected chi connectivity index (χ3v) is 4.28. The molecule has 0 spiro atoms. The highest BCUT2D eigenvalue weighted by Gasteiger charge is 2.21. The quantitative estimate of drug-likeness (QED) is 0.913. The molecule has 3 rings (SSSR count). The first-order valence-electron chi connectivity index (χ1n) is 7.82. The van der Waals surface area contributed by atoms with Crippen molar-refractivity contribution in [3.63, 3.8) is 0 Å². The van der Waals surface area contributed by atoms with E-state index >= 15 is 0 Å². The first-order valence-corrected chi connectivity index (χ1v) is 7.82. The summed E-state index contributed by atoms with van der Waals surface area (Å²) < 4.78 is 5.74. The van der Waals surface area contributed by atoms with Gasteiger partial charge in [0.05, 0.1) is 6.04 Å². The zero-order chi connectivity index (χ0) is 14.8. The van der Waals surface area contributed by atoms with Crippen molar-refractivity contribution in [2.24, 2.45) is 5.73 Å². The summed E-state index contributed by atoms with van der Waals surface area (Å²) in [6.45, 7) is 6.32. The second-order valence-electron chi connectivity index (χ2n) is 6.04. The normalized spacial score (nSPS) is 16.2. The Balaban J connectivity index is 0.00000176. The van der Waals surface area contributed by atoms with E-state index in [-0.39, 0.29) is 18.4 Å². The molecule has 0 radical (unpaired) electrons. The van der Waals surface area contributed by atoms with Crippen molar-refractivity contribution in [3.05, 3.63) is 53.0 Å². The number of benzene rings is 1. The fourth-order valence-corrected chi connectivity index (χ4v) is 3.12. The van der Waals surface area contributed by atoms with Crippen LogP contribution in [0.2, 0.25) is 0 Å². The Bertz CT molecular complexity index is 617. The Morgan fingerprint density at radius 1 is 1.05 bits per heavy atom. The molecule has 22 heavy (non-hydrogen) atoms. The van der Waals surface area contributed by atoms with Crippen molar-refractivity contribution in [3.8, 4) is 0 Å². The molecule has 1 unspecified atom stereocenters. The van der Waals surface area contributed by atoms with Crippen LogP contribution in [0.1, 0.15) is 48.0 Å². The van der Waals surface area contributed by atoms with Gasteiger partial charge in [0.2, 0.25) is 0 Å². The molecule has 120 valence electrons. The van der Waals surface area contributed by atoms with E-state index in [1.165, 1.54) is 36.1 Å². The molecule has 0 bridgehead atoms. The lowest BCUT2D eigenvalue weighted by Gasteiger charge is -2.32. The predicted molar refractivity (Wildman–Crippen MR) is 94.0 cm³/mol. The molecule has 2 aromatic rings. The molecule has 1 atom stereocenters. The van der Waals surface area contributed by atoms with E-state index in [0.717, 1.165) is 24.6 Å². The van der Waals surface area contributed by atoms with Gasteiger partial charge < -0.3 is 15.1 Å². The SMILES string of the molecule is Cc1ccc(N2CCCCC2)c(C(N)c2ccc(C)o2)c1.Cl. The number of hydrogen-bond acceptors (Lipinski definition) is 3. The average Bonchev–Trinajstić information content (AvgIpc) is 2.94. The fourth-order valence-electron chi connectivity index (χ4n) is 3.12. The monoisotopic (exact) mass is 320 g/mol. The van der Waals surface area contributed by atoms with Gasteiger partial charge in [-0.25, -0.2) is 0 Å². The van der Waals surface area contributed by atoms with Crippen LogP contribution < -0.4 is 10.6 Å². The summed E-state index contributed by atoms with van der Waals surface area (Å²) in [6.07, 6.45) is 3.87. The molecule has 1 aromatic heterocycles. The number of furan rings is 1. The van der Waals surface area contributed by atoms with Gasteiger partial charge in [-0.15, -0.1) is 12.4 Å². The summed E-state index contributed by atoms with van der Waals surface area (Å²) >= 11 is 0. The maximum absolute atomic E-state index is 6.49. The standard InChI is InChI=1S/C18H24N2O.ClH/c1-13-6-8-16(20-10-4-3-5-11-20)15(12-13)18(19)17-9-7-14(2)21-17;/h6-9,12,18H,3-5,10-11,19H2,1-2H3;1H. The largest absolute Gasteiger partial charge is 0.464 e. The topological polar surface area (TPSA) is 42.4 Å². The van der Waals surface area contributed by atoms with Gasteiger partial charge in [-0.1, -0.05) is 17.7 Å². The Hall–Kier alpha value is -1.45. The molecule has 2 heterocycles. The van der Waals surface area contributed by atoms with Gasteiger partial charge in [-0.2, -0.15) is 0 Å². The number of nitrogens with zero attached hydrogens (tertiary/aromatic N) is 1. The summed E-state index contributed by atoms with van der Waals surface area (Å²) in [4.78, 5) is 2.47. The second-order valence-corrected chi connectivity index (χ2v) is 6.04. The molecule has 0 saturated carbocycles. The third-order valence-electron chi connectivity index (χ3n) is 4.28. The predicted octanol–water partition coefficient (Wildman–Crippen LogP) is 4.36. The first kappa shape index (κ1) is 16.9. The van der Waals surface area contributed by atoms with Gasteiger partial charge in [0.1, 0.15) is 11.5 Å². The molecular formula is C18H25ClN2O. The maximum atomic E-state index is 6.49. The van der Waals surface area contributed by atoms with Crippen LogP contribution in [-0.4, -0.2) is 13.1 Å². The lowest BCUT2D eigenvalue weighted by molar-refractivity contribution is 0.465. The van der Waals surface area contributed by atoms with E-state index in [4.69, 9.17) is 10.2 Å². The Morgan fingerprint density at radius 3 is 2.41 bits per heavy atom. The van der Waals surface area contributed by atoms with Gasteiger partial charge in [-0.05, 0) is 51.3 Å². The zero-order valence-electron chi connectivity index (χ0n) is 13.3. The molecule has 1 aliphatic rings. The van der Waals surface area contributed by atoms with E-state index in [9.17, 15) is 0 Å². The number of rotatable bonds is 3. The molecule has 0 amide bonds. The fraction of sp³-hybridized carbons (Fsp3) is 0.444. The van der Waals surface area contributed by atoms with E-state index in [1.807, 2.05) is 19.1 Å². The highest BCUT2D eigenvalue weighted by atomic mass is 35.5. The lowest BCUT2D eigenvalue weighted by atomic mass is 9.98. The number of hydrogen-bond donors (Lipinski definition) is 1. The highest BCUT2D eigenvalue weighted by molar-refractivity contribution is 5.85. The number of aryl methyl sites for hydroxylation is 2. The van der Waals surface area contributed by atoms with Crippen molar-refractivity contribution in [2.75, 3.05) is 18.0 Å². The van der Waals surface area contributed by atoms with E-state index in [1.54, 1.807) is 0 Å². The number of anilines is 1. The van der Waals surface area contributed by atoms with Crippen LogP contribution in [0.4, 0.5) is 5.69 Å². The molecule has 3 nitrogen and oxygen atoms in total. The number of piperidine rings is 1. The maximum Gasteiger partial charge on any atom is 0.125 e. The Morgan fingerprint density at radius 2 is 1.77 bits per heavy atom. The van der Waals surface area contributed by atoms with Gasteiger partial charge in [0.25, 0.3) is 0 Å². The molecule has 4 heteroatoms. The highest BCUT2D eigenvalue weighted by Crippen LogP contribution is 2.32. The van der Waals surface area contributed by atoms with Crippen molar-refractivity contribution < 1.29 is 4.42 Å². The van der Waals surface area contributed by atoms with Crippen LogP contribution in [0.25, 0.3) is 0 Å². The van der Waals surface area contributed by atoms with Crippen LogP contribution in [0.15, 0.2) is 34.7 Å². The summed E-state index contributed by atoms with van der Waals surface area (Å²) in [5.41, 5.74) is 10.2. The summed E-state index contributed by atoms with van der Waals surface area (Å²) in [5, 5.41) is 0. The number of nitrogens with two attached hydrogens (primary N) is 1. The molecule has 2 N–H and O–H groups in total. The van der Waals surface area contributed by atoms with E-state index in [2.05, 4.69) is 30.0 Å². The van der Waals surface area contributed by atoms with Crippen molar-refractivity contribution in [1.82, 2.24) is 0 Å². The Labute approximate surface area is 138 Å². The molecular weight excluding hydrogens is 296 g/mol. The van der Waals surface area contributed by atoms with Crippen LogP contribution in [0.5, 0.6) is 0 Å². The Kier molecular flexibility index (Phi) is 5.54. The van der Waals surface area contributed by atoms with Gasteiger partial charge in [0.15, 0.2) is 0 Å². The molecule has 0 aliphatic carbocycles. The van der Waals surface area contributed by atoms with Gasteiger partial charge in [-0.3, -0.25) is 0 Å². The molecule has 1 aromatic carbocycles. The minimum absolute atomic E-state index is 0. The van der Waals surface area contributed by atoms with E-state index < -0.39 is 0 Å². The summed E-state index contributed by atoms with van der Waals surface area (Å²) in [7, 11) is 0. The summed E-state index contributed by atoms with van der Waals surface area (Å²) in [5.74, 6) is 1.75. The van der Waals surface area contributed by atoms with Crippen molar-refractivity contribution in [2.45, 2.75) is 39.2 Å². The van der Waals surface area contributed by atoms with Crippen LogP contribution in [0, 0.1) is 13.8 Å². The van der Waals surface area contributed by atoms with Crippen molar-refractivity contribution in [1.29, 1.82) is 0 Å². The number of halogens is 1. The van der Waals surface area contributed by atoms with Crippen LogP contribution in [-0.2, 0) is 0 Å². The average molecular weight is 321 g/mol. The molecule has 1 fully saturated rings. The minimum Gasteiger partial charge on any atom is -0.464 e. The van der Waals surface area contributed by atoms with Gasteiger partial charge in [0, 0.05) is 24.3 Å². The lowest BCUT2D eigenvalue weighted by Crippen LogP contribution is -2.31. The second kappa shape index (κ2) is 7.21. The zero-order valence-corrected chi connectivity index (χ0v) is 14.2. The van der Waals surface area contributed by atoms with Gasteiger partial charge >= 0.3 is 0 Å². The molecule has 1 aliphatic heterocycles. The first-order chi connectivity index (χ1) is 10.1. The minimum atomic E-state index is -0.199. The third kappa shape index (κ3) is 3.47. The van der Waals surface area contributed by atoms with Crippen LogP contribution in [0.3, 0.4) is 0 Å².